The molecule has 15 heavy (non-hydrogen) atoms. The number of methoxy groups -OCH3 is 1. The summed E-state index contributed by atoms with van der Waals surface area (Å²) in [6, 6.07) is 6.07. The first-order valence-corrected chi connectivity index (χ1v) is 5.69. The molecule has 0 heterocycles. The number of aliphatic hydroxyl groups excluding tert-OH is 1. The van der Waals surface area contributed by atoms with E-state index in [1.165, 1.54) is 0 Å². The Kier molecular flexibility index (Phi) is 4.32. The maximum atomic E-state index is 9.36. The minimum atomic E-state index is -0.228. The number of rotatable bonds is 4. The SMILES string of the molecule is COCc1cc(Br)ccc1C(C)(C)CO. The van der Waals surface area contributed by atoms with Crippen LogP contribution in [-0.4, -0.2) is 18.8 Å². The van der Waals surface area contributed by atoms with Gasteiger partial charge in [0.2, 0.25) is 0 Å². The molecule has 1 aromatic carbocycles. The molecule has 0 aliphatic heterocycles. The average Bonchev–Trinajstić information content (AvgIpc) is 2.18. The monoisotopic (exact) mass is 272 g/mol. The number of hydrogen-bond acceptors (Lipinski definition) is 2. The number of ether oxygens (including phenoxy) is 1. The Balaban J connectivity index is 3.16. The summed E-state index contributed by atoms with van der Waals surface area (Å²) in [5, 5.41) is 9.36. The topological polar surface area (TPSA) is 29.5 Å². The maximum Gasteiger partial charge on any atom is 0.0716 e. The van der Waals surface area contributed by atoms with E-state index < -0.39 is 0 Å². The van der Waals surface area contributed by atoms with Crippen LogP contribution in [-0.2, 0) is 16.8 Å². The quantitative estimate of drug-likeness (QED) is 0.914. The zero-order valence-corrected chi connectivity index (χ0v) is 11.0. The van der Waals surface area contributed by atoms with Crippen LogP contribution >= 0.6 is 15.9 Å². The number of halogens is 1. The molecule has 1 N–H and O–H groups in total. The van der Waals surface area contributed by atoms with Crippen molar-refractivity contribution >= 4 is 15.9 Å². The lowest BCUT2D eigenvalue weighted by molar-refractivity contribution is 0.178. The van der Waals surface area contributed by atoms with Crippen molar-refractivity contribution in [3.8, 4) is 0 Å². The second-order valence-corrected chi connectivity index (χ2v) is 5.19. The van der Waals surface area contributed by atoms with E-state index in [9.17, 15) is 5.11 Å². The van der Waals surface area contributed by atoms with Gasteiger partial charge in [0.15, 0.2) is 0 Å². The first-order chi connectivity index (χ1) is 7.01. The molecule has 84 valence electrons. The molecule has 0 saturated heterocycles. The highest BCUT2D eigenvalue weighted by atomic mass is 79.9. The fraction of sp³-hybridized carbons (Fsp3) is 0.500. The minimum Gasteiger partial charge on any atom is -0.395 e. The third kappa shape index (κ3) is 3.03. The molecule has 0 bridgehead atoms. The van der Waals surface area contributed by atoms with E-state index in [4.69, 9.17) is 4.74 Å². The van der Waals surface area contributed by atoms with Crippen LogP contribution in [0.2, 0.25) is 0 Å². The molecule has 0 unspecified atom stereocenters. The van der Waals surface area contributed by atoms with Gasteiger partial charge in [-0.05, 0) is 23.3 Å². The first kappa shape index (κ1) is 12.7. The fourth-order valence-electron chi connectivity index (χ4n) is 1.58. The van der Waals surface area contributed by atoms with Gasteiger partial charge in [-0.2, -0.15) is 0 Å². The molecule has 0 amide bonds. The summed E-state index contributed by atoms with van der Waals surface area (Å²) >= 11 is 3.44. The van der Waals surface area contributed by atoms with Crippen LogP contribution in [0.3, 0.4) is 0 Å². The molecule has 0 radical (unpaired) electrons. The number of hydrogen-bond donors (Lipinski definition) is 1. The van der Waals surface area contributed by atoms with Crippen molar-refractivity contribution in [3.05, 3.63) is 33.8 Å². The molecule has 2 nitrogen and oxygen atoms in total. The van der Waals surface area contributed by atoms with E-state index in [1.807, 2.05) is 32.0 Å². The molecular formula is C12H17BrO2. The van der Waals surface area contributed by atoms with Crippen molar-refractivity contribution in [2.45, 2.75) is 25.9 Å². The molecule has 1 aromatic rings. The second-order valence-electron chi connectivity index (χ2n) is 4.28. The summed E-state index contributed by atoms with van der Waals surface area (Å²) in [4.78, 5) is 0. The standard InChI is InChI=1S/C12H17BrO2/c1-12(2,8-14)11-5-4-10(13)6-9(11)7-15-3/h4-6,14H,7-8H2,1-3H3. The Hall–Kier alpha value is -0.380. The minimum absolute atomic E-state index is 0.130. The van der Waals surface area contributed by atoms with Gasteiger partial charge in [-0.1, -0.05) is 35.8 Å². The van der Waals surface area contributed by atoms with Crippen LogP contribution in [0.15, 0.2) is 22.7 Å². The van der Waals surface area contributed by atoms with Crippen molar-refractivity contribution < 1.29 is 9.84 Å². The summed E-state index contributed by atoms with van der Waals surface area (Å²) in [5.74, 6) is 0. The maximum absolute atomic E-state index is 9.36. The molecule has 0 spiro atoms. The van der Waals surface area contributed by atoms with Crippen LogP contribution in [0, 0.1) is 0 Å². The Morgan fingerprint density at radius 3 is 2.60 bits per heavy atom. The van der Waals surface area contributed by atoms with E-state index in [2.05, 4.69) is 15.9 Å². The van der Waals surface area contributed by atoms with Crippen LogP contribution in [0.25, 0.3) is 0 Å². The lowest BCUT2D eigenvalue weighted by Crippen LogP contribution is -2.24. The predicted molar refractivity (Wildman–Crippen MR) is 65.0 cm³/mol. The zero-order valence-electron chi connectivity index (χ0n) is 9.38. The molecule has 0 aliphatic carbocycles. The van der Waals surface area contributed by atoms with Crippen molar-refractivity contribution in [2.24, 2.45) is 0 Å². The van der Waals surface area contributed by atoms with Crippen LogP contribution in [0.5, 0.6) is 0 Å². The highest BCUT2D eigenvalue weighted by Crippen LogP contribution is 2.28. The highest BCUT2D eigenvalue weighted by molar-refractivity contribution is 9.10. The molecule has 0 aromatic heterocycles. The van der Waals surface area contributed by atoms with Gasteiger partial charge in [0, 0.05) is 17.0 Å². The van der Waals surface area contributed by atoms with E-state index in [0.717, 1.165) is 15.6 Å². The second kappa shape index (κ2) is 5.10. The van der Waals surface area contributed by atoms with Gasteiger partial charge in [0.1, 0.15) is 0 Å². The summed E-state index contributed by atoms with van der Waals surface area (Å²) in [6.45, 7) is 4.74. The van der Waals surface area contributed by atoms with Crippen LogP contribution < -0.4 is 0 Å². The van der Waals surface area contributed by atoms with E-state index in [1.54, 1.807) is 7.11 Å². The summed E-state index contributed by atoms with van der Waals surface area (Å²) in [5.41, 5.74) is 2.02. The van der Waals surface area contributed by atoms with E-state index >= 15 is 0 Å². The highest BCUT2D eigenvalue weighted by Gasteiger charge is 2.22. The van der Waals surface area contributed by atoms with Crippen molar-refractivity contribution in [2.75, 3.05) is 13.7 Å². The lowest BCUT2D eigenvalue weighted by atomic mass is 9.83. The summed E-state index contributed by atoms with van der Waals surface area (Å²) in [7, 11) is 1.68. The van der Waals surface area contributed by atoms with E-state index in [0.29, 0.717) is 6.61 Å². The van der Waals surface area contributed by atoms with Gasteiger partial charge in [0.05, 0.1) is 13.2 Å². The molecule has 0 aliphatic rings. The van der Waals surface area contributed by atoms with Crippen molar-refractivity contribution in [3.63, 3.8) is 0 Å². The van der Waals surface area contributed by atoms with Gasteiger partial charge in [-0.25, -0.2) is 0 Å². The van der Waals surface area contributed by atoms with Gasteiger partial charge in [-0.15, -0.1) is 0 Å². The molecule has 3 heteroatoms. The molecule has 1 rings (SSSR count). The van der Waals surface area contributed by atoms with Gasteiger partial charge in [-0.3, -0.25) is 0 Å². The van der Waals surface area contributed by atoms with Crippen LogP contribution in [0.1, 0.15) is 25.0 Å². The molecule has 0 saturated carbocycles. The summed E-state index contributed by atoms with van der Waals surface area (Å²) in [6.07, 6.45) is 0. The Morgan fingerprint density at radius 2 is 2.07 bits per heavy atom. The zero-order chi connectivity index (χ0) is 11.5. The molecule has 0 atom stereocenters. The largest absolute Gasteiger partial charge is 0.395 e. The Bertz CT molecular complexity index is 334. The smallest absolute Gasteiger partial charge is 0.0716 e. The Morgan fingerprint density at radius 1 is 1.40 bits per heavy atom. The summed E-state index contributed by atoms with van der Waals surface area (Å²) < 4.78 is 6.20. The molecular weight excluding hydrogens is 256 g/mol. The number of benzene rings is 1. The fourth-order valence-corrected chi connectivity index (χ4v) is 1.99. The van der Waals surface area contributed by atoms with Crippen molar-refractivity contribution in [1.82, 2.24) is 0 Å². The number of aliphatic hydroxyl groups is 1. The van der Waals surface area contributed by atoms with Gasteiger partial charge in [0.25, 0.3) is 0 Å². The molecule has 0 fully saturated rings. The predicted octanol–water partition coefficient (Wildman–Crippen LogP) is 2.87. The average molecular weight is 273 g/mol. The Labute approximate surface area is 99.4 Å². The third-order valence-electron chi connectivity index (χ3n) is 2.49. The van der Waals surface area contributed by atoms with E-state index in [-0.39, 0.29) is 12.0 Å². The third-order valence-corrected chi connectivity index (χ3v) is 2.98. The van der Waals surface area contributed by atoms with Crippen molar-refractivity contribution in [1.29, 1.82) is 0 Å². The van der Waals surface area contributed by atoms with Gasteiger partial charge < -0.3 is 9.84 Å². The lowest BCUT2D eigenvalue weighted by Gasteiger charge is -2.25. The van der Waals surface area contributed by atoms with Gasteiger partial charge >= 0.3 is 0 Å². The van der Waals surface area contributed by atoms with Crippen LogP contribution in [0.4, 0.5) is 0 Å². The first-order valence-electron chi connectivity index (χ1n) is 4.90. The normalized spacial score (nSPS) is 11.8.